The zero-order chi connectivity index (χ0) is 20.8. The van der Waals surface area contributed by atoms with E-state index < -0.39 is 0 Å². The Morgan fingerprint density at radius 2 is 1.48 bits per heavy atom. The zero-order valence-electron chi connectivity index (χ0n) is 17.2. The maximum absolute atomic E-state index is 5.17. The van der Waals surface area contributed by atoms with E-state index in [1.807, 2.05) is 6.07 Å². The summed E-state index contributed by atoms with van der Waals surface area (Å²) >= 11 is 0. The highest BCUT2D eigenvalue weighted by atomic mass is 15.3. The summed E-state index contributed by atoms with van der Waals surface area (Å²) in [6, 6.07) is 27.3. The van der Waals surface area contributed by atoms with Crippen LogP contribution in [0.5, 0.6) is 0 Å². The van der Waals surface area contributed by atoms with Crippen molar-refractivity contribution in [2.24, 2.45) is 0 Å². The summed E-state index contributed by atoms with van der Waals surface area (Å²) in [5, 5.41) is 7.40. The Hall–Kier alpha value is -3.98. The molecule has 0 atom stereocenters. The average molecular weight is 399 g/mol. The Bertz CT molecular complexity index is 1460. The van der Waals surface area contributed by atoms with E-state index in [4.69, 9.17) is 10.1 Å². The Morgan fingerprint density at radius 3 is 2.26 bits per heavy atom. The standard InChI is InChI=1S/C28H21N3/c1-19-15-17-22(18-16-19)31-28-23-13-7-8-14-24(23)29-26(20-11-5-6-12-20)25(28)27(30-31)21-9-3-2-4-10-21/h2-18,20H,1H3. The summed E-state index contributed by atoms with van der Waals surface area (Å²) in [6.45, 7) is 2.11. The highest BCUT2D eigenvalue weighted by molar-refractivity contribution is 6.10. The van der Waals surface area contributed by atoms with Crippen LogP contribution >= 0.6 is 0 Å². The van der Waals surface area contributed by atoms with Crippen LogP contribution in [0.3, 0.4) is 0 Å². The van der Waals surface area contributed by atoms with Crippen molar-refractivity contribution < 1.29 is 0 Å². The molecule has 0 aliphatic heterocycles. The van der Waals surface area contributed by atoms with Crippen molar-refractivity contribution >= 4 is 21.8 Å². The van der Waals surface area contributed by atoms with Crippen LogP contribution in [0.1, 0.15) is 17.2 Å². The van der Waals surface area contributed by atoms with Gasteiger partial charge in [-0.2, -0.15) is 5.10 Å². The predicted molar refractivity (Wildman–Crippen MR) is 128 cm³/mol. The molecule has 0 radical (unpaired) electrons. The molecular formula is C28H21N3. The van der Waals surface area contributed by atoms with Crippen LogP contribution in [0.25, 0.3) is 38.8 Å². The third-order valence-electron chi connectivity index (χ3n) is 5.93. The SMILES string of the molecule is Cc1ccc(-n2nc(-c3ccccc3)c3c(C4C=CC=C4)nc4ccccc4c32)cc1. The van der Waals surface area contributed by atoms with Gasteiger partial charge in [0.1, 0.15) is 5.69 Å². The molecule has 0 spiro atoms. The molecule has 0 amide bonds. The van der Waals surface area contributed by atoms with E-state index >= 15 is 0 Å². The van der Waals surface area contributed by atoms with Crippen molar-refractivity contribution in [3.63, 3.8) is 0 Å². The first-order valence-electron chi connectivity index (χ1n) is 10.6. The summed E-state index contributed by atoms with van der Waals surface area (Å²) in [7, 11) is 0. The summed E-state index contributed by atoms with van der Waals surface area (Å²) in [5.74, 6) is 0.144. The fourth-order valence-corrected chi connectivity index (χ4v) is 4.39. The van der Waals surface area contributed by atoms with Gasteiger partial charge in [-0.15, -0.1) is 0 Å². The van der Waals surface area contributed by atoms with Crippen LogP contribution in [0.4, 0.5) is 0 Å². The van der Waals surface area contributed by atoms with Gasteiger partial charge in [-0.3, -0.25) is 4.98 Å². The van der Waals surface area contributed by atoms with Gasteiger partial charge in [0, 0.05) is 16.9 Å². The minimum atomic E-state index is 0.144. The summed E-state index contributed by atoms with van der Waals surface area (Å²) < 4.78 is 2.09. The lowest BCUT2D eigenvalue weighted by atomic mass is 9.97. The summed E-state index contributed by atoms with van der Waals surface area (Å²) in [6.07, 6.45) is 8.60. The quantitative estimate of drug-likeness (QED) is 0.336. The number of hydrogen-bond acceptors (Lipinski definition) is 2. The first-order chi connectivity index (χ1) is 15.3. The molecule has 3 aromatic carbocycles. The van der Waals surface area contributed by atoms with Crippen molar-refractivity contribution in [1.29, 1.82) is 0 Å². The molecule has 5 aromatic rings. The van der Waals surface area contributed by atoms with Crippen molar-refractivity contribution in [3.8, 4) is 16.9 Å². The van der Waals surface area contributed by atoms with Gasteiger partial charge >= 0.3 is 0 Å². The topological polar surface area (TPSA) is 30.7 Å². The van der Waals surface area contributed by atoms with E-state index in [-0.39, 0.29) is 5.92 Å². The monoisotopic (exact) mass is 399 g/mol. The lowest BCUT2D eigenvalue weighted by Crippen LogP contribution is -2.00. The van der Waals surface area contributed by atoms with Gasteiger partial charge < -0.3 is 0 Å². The maximum Gasteiger partial charge on any atom is 0.102 e. The number of benzene rings is 3. The van der Waals surface area contributed by atoms with E-state index in [9.17, 15) is 0 Å². The molecule has 0 bridgehead atoms. The Kier molecular flexibility index (Phi) is 4.07. The molecule has 148 valence electrons. The average Bonchev–Trinajstić information content (AvgIpc) is 3.49. The molecule has 31 heavy (non-hydrogen) atoms. The molecule has 1 aliphatic rings. The number of para-hydroxylation sites is 1. The Labute approximate surface area is 181 Å². The minimum absolute atomic E-state index is 0.144. The third-order valence-corrected chi connectivity index (χ3v) is 5.93. The molecule has 3 nitrogen and oxygen atoms in total. The molecule has 2 aromatic heterocycles. The van der Waals surface area contributed by atoms with Gasteiger partial charge in [0.15, 0.2) is 0 Å². The number of allylic oxidation sites excluding steroid dienone is 4. The fraction of sp³-hybridized carbons (Fsp3) is 0.0714. The second-order valence-electron chi connectivity index (χ2n) is 8.00. The van der Waals surface area contributed by atoms with Gasteiger partial charge in [0.25, 0.3) is 0 Å². The van der Waals surface area contributed by atoms with Gasteiger partial charge in [-0.1, -0.05) is 90.5 Å². The highest BCUT2D eigenvalue weighted by Crippen LogP contribution is 2.39. The predicted octanol–water partition coefficient (Wildman–Crippen LogP) is 6.76. The molecule has 0 saturated heterocycles. The van der Waals surface area contributed by atoms with E-state index in [1.54, 1.807) is 0 Å². The number of aryl methyl sites for hydroxylation is 1. The van der Waals surface area contributed by atoms with Crippen LogP contribution < -0.4 is 0 Å². The smallest absolute Gasteiger partial charge is 0.102 e. The van der Waals surface area contributed by atoms with E-state index in [0.29, 0.717) is 0 Å². The number of pyridine rings is 1. The Morgan fingerprint density at radius 1 is 0.774 bits per heavy atom. The molecule has 6 rings (SSSR count). The number of aromatic nitrogens is 3. The molecular weight excluding hydrogens is 378 g/mol. The second-order valence-corrected chi connectivity index (χ2v) is 8.00. The van der Waals surface area contributed by atoms with Crippen molar-refractivity contribution in [2.75, 3.05) is 0 Å². The lowest BCUT2D eigenvalue weighted by molar-refractivity contribution is 0.917. The largest absolute Gasteiger partial charge is 0.251 e. The van der Waals surface area contributed by atoms with Crippen molar-refractivity contribution in [1.82, 2.24) is 14.8 Å². The number of fused-ring (bicyclic) bond motifs is 3. The normalized spacial score (nSPS) is 13.6. The highest BCUT2D eigenvalue weighted by Gasteiger charge is 2.24. The van der Waals surface area contributed by atoms with Crippen molar-refractivity contribution in [2.45, 2.75) is 12.8 Å². The maximum atomic E-state index is 5.17. The van der Waals surface area contributed by atoms with E-state index in [2.05, 4.69) is 109 Å². The van der Waals surface area contributed by atoms with Crippen molar-refractivity contribution in [3.05, 3.63) is 114 Å². The third kappa shape index (κ3) is 2.89. The summed E-state index contributed by atoms with van der Waals surface area (Å²) in [4.78, 5) is 5.14. The first-order valence-corrected chi connectivity index (χ1v) is 10.6. The molecule has 0 unspecified atom stereocenters. The Balaban J connectivity index is 1.79. The fourth-order valence-electron chi connectivity index (χ4n) is 4.39. The molecule has 3 heteroatoms. The first kappa shape index (κ1) is 17.8. The van der Waals surface area contributed by atoms with Crippen LogP contribution in [0.2, 0.25) is 0 Å². The van der Waals surface area contributed by atoms with Crippen LogP contribution in [-0.2, 0) is 0 Å². The minimum Gasteiger partial charge on any atom is -0.251 e. The van der Waals surface area contributed by atoms with Crippen LogP contribution in [0, 0.1) is 6.92 Å². The van der Waals surface area contributed by atoms with E-state index in [0.717, 1.165) is 44.4 Å². The molecule has 2 heterocycles. The van der Waals surface area contributed by atoms with Crippen LogP contribution in [0.15, 0.2) is 103 Å². The number of hydrogen-bond donors (Lipinski definition) is 0. The second kappa shape index (κ2) is 7.06. The summed E-state index contributed by atoms with van der Waals surface area (Å²) in [5.41, 5.74) is 7.51. The lowest BCUT2D eigenvalue weighted by Gasteiger charge is -2.12. The molecule has 0 fully saturated rings. The number of nitrogens with zero attached hydrogens (tertiary/aromatic N) is 3. The van der Waals surface area contributed by atoms with Crippen LogP contribution in [-0.4, -0.2) is 14.8 Å². The van der Waals surface area contributed by atoms with Gasteiger partial charge in [-0.25, -0.2) is 4.68 Å². The van der Waals surface area contributed by atoms with Gasteiger partial charge in [-0.05, 0) is 25.1 Å². The van der Waals surface area contributed by atoms with Gasteiger partial charge in [0.2, 0.25) is 0 Å². The number of rotatable bonds is 3. The molecule has 0 N–H and O–H groups in total. The van der Waals surface area contributed by atoms with E-state index in [1.165, 1.54) is 5.56 Å². The zero-order valence-corrected chi connectivity index (χ0v) is 17.2. The molecule has 0 saturated carbocycles. The molecule has 1 aliphatic carbocycles. The van der Waals surface area contributed by atoms with Gasteiger partial charge in [0.05, 0.1) is 27.8 Å².